The van der Waals surface area contributed by atoms with Crippen LogP contribution in [0.5, 0.6) is 5.75 Å². The molecule has 3 aromatic rings. The van der Waals surface area contributed by atoms with Gasteiger partial charge in [0, 0.05) is 37.5 Å². The van der Waals surface area contributed by atoms with Gasteiger partial charge in [0.2, 0.25) is 5.82 Å². The fourth-order valence-corrected chi connectivity index (χ4v) is 2.64. The van der Waals surface area contributed by atoms with Crippen LogP contribution in [0.1, 0.15) is 5.56 Å². The molecule has 26 heavy (non-hydrogen) atoms. The van der Waals surface area contributed by atoms with Gasteiger partial charge in [-0.05, 0) is 17.2 Å². The molecule has 0 radical (unpaired) electrons. The molecule has 1 N–H and O–H groups in total. The second-order valence-electron chi connectivity index (χ2n) is 5.72. The number of nitrogens with one attached hydrogen (secondary N) is 1. The van der Waals surface area contributed by atoms with Crippen molar-refractivity contribution >= 4 is 11.4 Å². The Morgan fingerprint density at radius 3 is 2.77 bits per heavy atom. The first kappa shape index (κ1) is 17.4. The average molecular weight is 356 g/mol. The molecule has 8 heteroatoms. The van der Waals surface area contributed by atoms with E-state index in [1.165, 1.54) is 13.2 Å². The summed E-state index contributed by atoms with van der Waals surface area (Å²) in [5, 5.41) is 18.2. The minimum Gasteiger partial charge on any atom is -0.497 e. The molecule has 0 aliphatic carbocycles. The van der Waals surface area contributed by atoms with E-state index in [2.05, 4.69) is 10.4 Å². The SMILES string of the molecule is COc1cc(F)c([N+](=O)[O-])c(NCc2cccc(-c3cnn(C)c3)c2)c1. The smallest absolute Gasteiger partial charge is 0.327 e. The first-order valence-corrected chi connectivity index (χ1v) is 7.81. The van der Waals surface area contributed by atoms with Gasteiger partial charge in [-0.15, -0.1) is 0 Å². The quantitative estimate of drug-likeness (QED) is 0.537. The molecule has 0 saturated carbocycles. The number of anilines is 1. The van der Waals surface area contributed by atoms with E-state index >= 15 is 0 Å². The standard InChI is InChI=1S/C18H17FN4O3/c1-22-11-14(10-21-22)13-5-3-4-12(6-13)9-20-17-8-15(26-2)7-16(19)18(17)23(24)25/h3-8,10-11,20H,9H2,1-2H3. The number of aromatic nitrogens is 2. The highest BCUT2D eigenvalue weighted by Gasteiger charge is 2.22. The van der Waals surface area contributed by atoms with Crippen LogP contribution in [0, 0.1) is 15.9 Å². The van der Waals surface area contributed by atoms with E-state index in [0.29, 0.717) is 6.54 Å². The third-order valence-electron chi connectivity index (χ3n) is 3.90. The summed E-state index contributed by atoms with van der Waals surface area (Å²) in [5.74, 6) is -0.735. The Morgan fingerprint density at radius 1 is 1.31 bits per heavy atom. The minimum atomic E-state index is -0.944. The number of rotatable bonds is 6. The summed E-state index contributed by atoms with van der Waals surface area (Å²) in [7, 11) is 3.22. The number of nitro benzene ring substituents is 1. The number of aryl methyl sites for hydroxylation is 1. The largest absolute Gasteiger partial charge is 0.497 e. The first-order valence-electron chi connectivity index (χ1n) is 7.81. The lowest BCUT2D eigenvalue weighted by Gasteiger charge is -2.10. The fraction of sp³-hybridized carbons (Fsp3) is 0.167. The van der Waals surface area contributed by atoms with Crippen molar-refractivity contribution in [3.63, 3.8) is 0 Å². The van der Waals surface area contributed by atoms with Gasteiger partial charge in [0.1, 0.15) is 11.4 Å². The van der Waals surface area contributed by atoms with Gasteiger partial charge >= 0.3 is 5.69 Å². The Hall–Kier alpha value is -3.42. The van der Waals surface area contributed by atoms with Gasteiger partial charge in [-0.25, -0.2) is 0 Å². The zero-order valence-electron chi connectivity index (χ0n) is 14.3. The molecular formula is C18H17FN4O3. The summed E-state index contributed by atoms with van der Waals surface area (Å²) in [6.45, 7) is 0.293. The number of benzene rings is 2. The highest BCUT2D eigenvalue weighted by atomic mass is 19.1. The van der Waals surface area contributed by atoms with Crippen molar-refractivity contribution < 1.29 is 14.1 Å². The summed E-state index contributed by atoms with van der Waals surface area (Å²) in [6, 6.07) is 10.1. The lowest BCUT2D eigenvalue weighted by atomic mass is 10.1. The fourth-order valence-electron chi connectivity index (χ4n) is 2.64. The summed E-state index contributed by atoms with van der Waals surface area (Å²) in [6.07, 6.45) is 3.66. The van der Waals surface area contributed by atoms with Gasteiger partial charge in [-0.2, -0.15) is 9.49 Å². The van der Waals surface area contributed by atoms with Crippen LogP contribution in [0.15, 0.2) is 48.8 Å². The van der Waals surface area contributed by atoms with Crippen molar-refractivity contribution in [1.82, 2.24) is 9.78 Å². The molecule has 7 nitrogen and oxygen atoms in total. The molecule has 3 rings (SSSR count). The van der Waals surface area contributed by atoms with E-state index in [4.69, 9.17) is 4.74 Å². The van der Waals surface area contributed by atoms with Gasteiger partial charge in [0.25, 0.3) is 0 Å². The zero-order valence-corrected chi connectivity index (χ0v) is 14.3. The minimum absolute atomic E-state index is 0.0682. The number of methoxy groups -OCH3 is 1. The van der Waals surface area contributed by atoms with Crippen LogP contribution in [0.4, 0.5) is 15.8 Å². The van der Waals surface area contributed by atoms with Crippen molar-refractivity contribution in [2.24, 2.45) is 7.05 Å². The van der Waals surface area contributed by atoms with Crippen LogP contribution in [0.3, 0.4) is 0 Å². The molecule has 0 atom stereocenters. The van der Waals surface area contributed by atoms with Gasteiger partial charge in [0.15, 0.2) is 0 Å². The van der Waals surface area contributed by atoms with E-state index in [-0.39, 0.29) is 11.4 Å². The summed E-state index contributed by atoms with van der Waals surface area (Å²) in [4.78, 5) is 10.4. The molecule has 0 spiro atoms. The van der Waals surface area contributed by atoms with Crippen molar-refractivity contribution in [3.8, 4) is 16.9 Å². The number of hydrogen-bond donors (Lipinski definition) is 1. The number of hydrogen-bond acceptors (Lipinski definition) is 5. The molecule has 0 amide bonds. The second kappa shape index (κ2) is 7.22. The van der Waals surface area contributed by atoms with E-state index < -0.39 is 16.4 Å². The molecule has 0 bridgehead atoms. The van der Waals surface area contributed by atoms with Crippen LogP contribution in [0.2, 0.25) is 0 Å². The van der Waals surface area contributed by atoms with Gasteiger partial charge in [-0.3, -0.25) is 14.8 Å². The molecule has 0 unspecified atom stereocenters. The number of nitro groups is 1. The molecule has 1 heterocycles. The van der Waals surface area contributed by atoms with Gasteiger partial charge in [0.05, 0.1) is 18.2 Å². The second-order valence-corrected chi connectivity index (χ2v) is 5.72. The summed E-state index contributed by atoms with van der Waals surface area (Å²) in [5.41, 5.74) is 2.30. The third kappa shape index (κ3) is 3.64. The summed E-state index contributed by atoms with van der Waals surface area (Å²) >= 11 is 0. The van der Waals surface area contributed by atoms with Crippen molar-refractivity contribution in [3.05, 3.63) is 70.3 Å². The van der Waals surface area contributed by atoms with E-state index in [1.54, 1.807) is 10.9 Å². The molecule has 0 fully saturated rings. The predicted molar refractivity (Wildman–Crippen MR) is 95.6 cm³/mol. The monoisotopic (exact) mass is 356 g/mol. The lowest BCUT2D eigenvalue weighted by molar-refractivity contribution is -0.386. The Balaban J connectivity index is 1.85. The Morgan fingerprint density at radius 2 is 2.12 bits per heavy atom. The molecule has 2 aromatic carbocycles. The predicted octanol–water partition coefficient (Wildman–Crippen LogP) is 3.76. The normalized spacial score (nSPS) is 10.6. The van der Waals surface area contributed by atoms with Crippen LogP contribution in [-0.2, 0) is 13.6 Å². The van der Waals surface area contributed by atoms with E-state index in [0.717, 1.165) is 22.8 Å². The topological polar surface area (TPSA) is 82.2 Å². The van der Waals surface area contributed by atoms with Gasteiger partial charge in [-0.1, -0.05) is 18.2 Å². The van der Waals surface area contributed by atoms with Crippen LogP contribution in [0.25, 0.3) is 11.1 Å². The maximum absolute atomic E-state index is 14.0. The Kier molecular flexibility index (Phi) is 4.83. The molecule has 0 aliphatic rings. The molecule has 0 aliphatic heterocycles. The Bertz CT molecular complexity index is 955. The molecular weight excluding hydrogens is 339 g/mol. The molecule has 1 aromatic heterocycles. The highest BCUT2D eigenvalue weighted by Crippen LogP contribution is 2.32. The maximum atomic E-state index is 14.0. The number of nitrogens with zero attached hydrogens (tertiary/aromatic N) is 3. The van der Waals surface area contributed by atoms with Crippen LogP contribution < -0.4 is 10.1 Å². The lowest BCUT2D eigenvalue weighted by Crippen LogP contribution is -2.05. The maximum Gasteiger partial charge on any atom is 0.327 e. The van der Waals surface area contributed by atoms with E-state index in [1.807, 2.05) is 37.5 Å². The molecule has 134 valence electrons. The van der Waals surface area contributed by atoms with Gasteiger partial charge < -0.3 is 10.1 Å². The van der Waals surface area contributed by atoms with Crippen molar-refractivity contribution in [2.75, 3.05) is 12.4 Å². The van der Waals surface area contributed by atoms with E-state index in [9.17, 15) is 14.5 Å². The first-order chi connectivity index (χ1) is 12.5. The average Bonchev–Trinajstić information content (AvgIpc) is 3.05. The van der Waals surface area contributed by atoms with Crippen LogP contribution >= 0.6 is 0 Å². The van der Waals surface area contributed by atoms with Crippen LogP contribution in [-0.4, -0.2) is 21.8 Å². The third-order valence-corrected chi connectivity index (χ3v) is 3.90. The molecule has 0 saturated heterocycles. The number of halogens is 1. The summed E-state index contributed by atoms with van der Waals surface area (Å²) < 4.78 is 20.7. The van der Waals surface area contributed by atoms with Crippen molar-refractivity contribution in [2.45, 2.75) is 6.54 Å². The Labute approximate surface area is 149 Å². The number of ether oxygens (including phenoxy) is 1. The highest BCUT2D eigenvalue weighted by molar-refractivity contribution is 5.66. The van der Waals surface area contributed by atoms with Crippen molar-refractivity contribution in [1.29, 1.82) is 0 Å². The zero-order chi connectivity index (χ0) is 18.7.